The van der Waals surface area contributed by atoms with Crippen LogP contribution in [-0.4, -0.2) is 66.1 Å². The number of hydrogen-bond donors (Lipinski definition) is 5. The van der Waals surface area contributed by atoms with E-state index in [4.69, 9.17) is 23.5 Å². The molecule has 0 spiro atoms. The number of aliphatic hydroxyl groups excluding tert-OH is 1. The Morgan fingerprint density at radius 3 is 2.25 bits per heavy atom. The van der Waals surface area contributed by atoms with Crippen molar-refractivity contribution >= 4 is 68.4 Å². The lowest BCUT2D eigenvalue weighted by atomic mass is 9.72. The molecule has 6 radical (unpaired) electrons. The Morgan fingerprint density at radius 2 is 1.64 bits per heavy atom. The number of aromatic hydroxyl groups is 2. The van der Waals surface area contributed by atoms with Crippen LogP contribution in [0, 0.1) is 0 Å². The zero-order chi connectivity index (χ0) is 20.7. The van der Waals surface area contributed by atoms with Gasteiger partial charge in [0, 0.05) is 29.3 Å². The van der Waals surface area contributed by atoms with E-state index in [1.807, 2.05) is 5.32 Å². The van der Waals surface area contributed by atoms with E-state index in [-0.39, 0.29) is 28.4 Å². The molecule has 2 aromatic rings. The number of imide groups is 1. The molecule has 134 valence electrons. The van der Waals surface area contributed by atoms with Crippen molar-refractivity contribution < 1.29 is 34.8 Å². The Labute approximate surface area is 160 Å². The Morgan fingerprint density at radius 1 is 1.00 bits per heavy atom. The first-order chi connectivity index (χ1) is 13.0. The van der Waals surface area contributed by atoms with Crippen molar-refractivity contribution in [1.29, 1.82) is 0 Å². The Balaban J connectivity index is 2.22. The fraction of sp³-hybridized carbons (Fsp3) is 0.188. The van der Waals surface area contributed by atoms with Crippen molar-refractivity contribution in [3.63, 3.8) is 0 Å². The van der Waals surface area contributed by atoms with Crippen LogP contribution >= 0.6 is 0 Å². The minimum atomic E-state index is -2.48. The summed E-state index contributed by atoms with van der Waals surface area (Å²) in [5.41, 5.74) is -4.90. The lowest BCUT2D eigenvalue weighted by molar-refractivity contribution is -0.161. The number of hydrogen-bond acceptors (Lipinski definition) is 7. The van der Waals surface area contributed by atoms with Crippen LogP contribution in [0.25, 0.3) is 16.4 Å². The summed E-state index contributed by atoms with van der Waals surface area (Å²) < 4.78 is 0.687. The van der Waals surface area contributed by atoms with Crippen LogP contribution in [0.5, 0.6) is 11.6 Å². The van der Waals surface area contributed by atoms with Crippen LogP contribution < -0.4 is 16.2 Å². The number of carbonyl (C=O) groups is 3. The molecule has 1 aromatic heterocycles. The molecule has 9 nitrogen and oxygen atoms in total. The molecule has 2 aliphatic rings. The number of phenols is 1. The van der Waals surface area contributed by atoms with E-state index in [1.165, 1.54) is 0 Å². The molecule has 1 aliphatic heterocycles. The highest BCUT2D eigenvalue weighted by atomic mass is 16.3. The number of carbonyl (C=O) groups excluding carboxylic acids is 3. The second kappa shape index (κ2) is 5.45. The molecule has 1 atom stereocenters. The van der Waals surface area contributed by atoms with Gasteiger partial charge in [-0.3, -0.25) is 24.3 Å². The van der Waals surface area contributed by atoms with Crippen LogP contribution in [0.15, 0.2) is 5.76 Å². The number of ketones is 1. The number of phenolic OH excluding ortho intramolecular Hbond substituents is 1. The SMILES string of the molecule is [B]C1=C(O)C(=O)c2c(O)c([B])c([B])c3c2c1c(O)n3C1(O)CCC(=O)NC1=O. The normalized spacial score (nSPS) is 22.1. The second-order valence-corrected chi connectivity index (χ2v) is 6.59. The van der Waals surface area contributed by atoms with E-state index in [2.05, 4.69) is 0 Å². The average molecular weight is 374 g/mol. The van der Waals surface area contributed by atoms with Gasteiger partial charge in [-0.05, 0) is 5.47 Å². The van der Waals surface area contributed by atoms with Gasteiger partial charge in [-0.15, -0.1) is 0 Å². The number of rotatable bonds is 1. The van der Waals surface area contributed by atoms with E-state index in [0.29, 0.717) is 4.57 Å². The number of nitrogens with one attached hydrogen (secondary N) is 1. The number of aromatic nitrogens is 1. The number of aliphatic hydroxyl groups is 2. The maximum absolute atomic E-state index is 12.5. The second-order valence-electron chi connectivity index (χ2n) is 6.59. The zero-order valence-corrected chi connectivity index (χ0v) is 14.1. The van der Waals surface area contributed by atoms with Crippen molar-refractivity contribution in [1.82, 2.24) is 9.88 Å². The summed E-state index contributed by atoms with van der Waals surface area (Å²) in [6, 6.07) is 0. The van der Waals surface area contributed by atoms with E-state index < -0.39 is 63.6 Å². The summed E-state index contributed by atoms with van der Waals surface area (Å²) in [6.07, 6.45) is -0.680. The molecular weight excluding hydrogens is 365 g/mol. The maximum Gasteiger partial charge on any atom is 0.280 e. The highest BCUT2D eigenvalue weighted by molar-refractivity contribution is 6.57. The largest absolute Gasteiger partial charge is 0.508 e. The average Bonchev–Trinajstić information content (AvgIpc) is 2.95. The van der Waals surface area contributed by atoms with Gasteiger partial charge >= 0.3 is 0 Å². The monoisotopic (exact) mass is 374 g/mol. The van der Waals surface area contributed by atoms with Crippen molar-refractivity contribution in [2.24, 2.45) is 0 Å². The first-order valence-electron chi connectivity index (χ1n) is 8.00. The van der Waals surface area contributed by atoms with E-state index in [9.17, 15) is 34.8 Å². The molecule has 0 saturated carbocycles. The predicted molar refractivity (Wildman–Crippen MR) is 98.3 cm³/mol. The summed E-state index contributed by atoms with van der Waals surface area (Å²) in [6.45, 7) is 0. The van der Waals surface area contributed by atoms with Gasteiger partial charge in [0.1, 0.15) is 29.3 Å². The smallest absolute Gasteiger partial charge is 0.280 e. The summed E-state index contributed by atoms with van der Waals surface area (Å²) in [7, 11) is 17.5. The number of piperidine rings is 1. The third-order valence-corrected chi connectivity index (χ3v) is 5.09. The fourth-order valence-electron chi connectivity index (χ4n) is 3.67. The van der Waals surface area contributed by atoms with E-state index in [0.717, 1.165) is 0 Å². The molecule has 1 unspecified atom stereocenters. The lowest BCUT2D eigenvalue weighted by Gasteiger charge is -2.33. The molecule has 28 heavy (non-hydrogen) atoms. The minimum Gasteiger partial charge on any atom is -0.508 e. The summed E-state index contributed by atoms with van der Waals surface area (Å²) in [5.74, 6) is -5.37. The van der Waals surface area contributed by atoms with E-state index >= 15 is 0 Å². The summed E-state index contributed by atoms with van der Waals surface area (Å²) >= 11 is 0. The van der Waals surface area contributed by atoms with Crippen LogP contribution in [0.3, 0.4) is 0 Å². The standard InChI is InChI=1S/C16H9B3N2O7/c17-7-5-4-6(12(24)13(7)25)11(23)9(19)8(18)10(4)21(14(5)26)16(28)2-1-3(22)20-15(16)27/h23,25-26,28H,1-2H2,(H,20,22,27). The van der Waals surface area contributed by atoms with Gasteiger partial charge in [0.25, 0.3) is 5.91 Å². The number of nitrogens with zero attached hydrogens (tertiary/aromatic N) is 1. The van der Waals surface area contributed by atoms with Crippen LogP contribution in [0.4, 0.5) is 0 Å². The minimum absolute atomic E-state index is 0.194. The molecule has 5 N–H and O–H groups in total. The number of amides is 2. The highest BCUT2D eigenvalue weighted by Gasteiger charge is 2.47. The van der Waals surface area contributed by atoms with Gasteiger partial charge < -0.3 is 20.4 Å². The first-order valence-corrected chi connectivity index (χ1v) is 8.00. The van der Waals surface area contributed by atoms with Crippen LogP contribution in [-0.2, 0) is 15.3 Å². The van der Waals surface area contributed by atoms with Crippen molar-refractivity contribution in [2.45, 2.75) is 18.6 Å². The predicted octanol–water partition coefficient (Wildman–Crippen LogP) is -2.69. The lowest BCUT2D eigenvalue weighted by Crippen LogP contribution is -2.55. The molecule has 2 amide bonds. The molecule has 1 aromatic carbocycles. The Hall–Kier alpha value is -3.14. The quantitative estimate of drug-likeness (QED) is 0.270. The molecule has 1 aliphatic carbocycles. The Kier molecular flexibility index (Phi) is 3.55. The molecule has 0 bridgehead atoms. The number of allylic oxidation sites excluding steroid dienone is 1. The van der Waals surface area contributed by atoms with Crippen LogP contribution in [0.1, 0.15) is 28.8 Å². The first kappa shape index (κ1) is 18.2. The van der Waals surface area contributed by atoms with Gasteiger partial charge in [0.05, 0.1) is 5.56 Å². The molecular formula is C16H9B3N2O7. The fourth-order valence-corrected chi connectivity index (χ4v) is 3.67. The summed E-state index contributed by atoms with van der Waals surface area (Å²) in [4.78, 5) is 36.3. The van der Waals surface area contributed by atoms with Gasteiger partial charge in [0.15, 0.2) is 5.76 Å². The van der Waals surface area contributed by atoms with Gasteiger partial charge in [-0.25, -0.2) is 0 Å². The summed E-state index contributed by atoms with van der Waals surface area (Å²) in [5, 5.41) is 43.9. The Bertz CT molecular complexity index is 1180. The van der Waals surface area contributed by atoms with Crippen molar-refractivity contribution in [3.05, 3.63) is 16.9 Å². The molecule has 1 saturated heterocycles. The highest BCUT2D eigenvalue weighted by Crippen LogP contribution is 2.46. The zero-order valence-electron chi connectivity index (χ0n) is 14.1. The topological polar surface area (TPSA) is 149 Å². The van der Waals surface area contributed by atoms with Gasteiger partial charge in [0.2, 0.25) is 23.3 Å². The van der Waals surface area contributed by atoms with Crippen molar-refractivity contribution in [3.8, 4) is 11.6 Å². The van der Waals surface area contributed by atoms with E-state index in [1.54, 1.807) is 0 Å². The van der Waals surface area contributed by atoms with Crippen LogP contribution in [0.2, 0.25) is 0 Å². The van der Waals surface area contributed by atoms with Gasteiger partial charge in [-0.2, -0.15) is 0 Å². The third kappa shape index (κ3) is 1.95. The molecule has 12 heteroatoms. The number of benzene rings is 1. The molecule has 2 heterocycles. The third-order valence-electron chi connectivity index (χ3n) is 5.09. The van der Waals surface area contributed by atoms with Gasteiger partial charge in [-0.1, -0.05) is 10.9 Å². The molecule has 4 rings (SSSR count). The maximum atomic E-state index is 12.5. The number of Topliss-reactive ketones (excluding diaryl/α,β-unsaturated/α-hetero) is 1. The van der Waals surface area contributed by atoms with Crippen molar-refractivity contribution in [2.75, 3.05) is 0 Å². The molecule has 1 fully saturated rings.